The van der Waals surface area contributed by atoms with Crippen LogP contribution in [0.5, 0.6) is 0 Å². The second kappa shape index (κ2) is 8.88. The summed E-state index contributed by atoms with van der Waals surface area (Å²) in [5.41, 5.74) is 10.5. The third-order valence-corrected chi connectivity index (χ3v) is 1.18. The zero-order chi connectivity index (χ0) is 8.57. The molecule has 0 rings (SSSR count). The lowest BCUT2D eigenvalue weighted by Gasteiger charge is -2.13. The minimum Gasteiger partial charge on any atom is -0.391 e. The van der Waals surface area contributed by atoms with Crippen LogP contribution in [0.1, 0.15) is 27.2 Å². The van der Waals surface area contributed by atoms with E-state index in [1.54, 1.807) is 0 Å². The van der Waals surface area contributed by atoms with E-state index in [-0.39, 0.29) is 6.04 Å². The van der Waals surface area contributed by atoms with Crippen LogP contribution in [0.4, 0.5) is 0 Å². The van der Waals surface area contributed by atoms with Crippen molar-refractivity contribution in [3.63, 3.8) is 0 Å². The van der Waals surface area contributed by atoms with E-state index in [0.29, 0.717) is 13.0 Å². The lowest BCUT2D eigenvalue weighted by Crippen LogP contribution is -2.40. The van der Waals surface area contributed by atoms with Gasteiger partial charge in [-0.25, -0.2) is 0 Å². The highest BCUT2D eigenvalue weighted by molar-refractivity contribution is 4.69. The van der Waals surface area contributed by atoms with Gasteiger partial charge in [-0.15, -0.1) is 0 Å². The van der Waals surface area contributed by atoms with Gasteiger partial charge in [0.15, 0.2) is 0 Å². The molecule has 0 aliphatic heterocycles. The van der Waals surface area contributed by atoms with Crippen LogP contribution < -0.4 is 11.5 Å². The highest BCUT2D eigenvalue weighted by Gasteiger charge is 2.08. The van der Waals surface area contributed by atoms with Gasteiger partial charge in [-0.3, -0.25) is 0 Å². The van der Waals surface area contributed by atoms with E-state index in [0.717, 1.165) is 0 Å². The third-order valence-electron chi connectivity index (χ3n) is 1.18. The maximum absolute atomic E-state index is 8.92. The Bertz CT molecular complexity index is 51.6. The van der Waals surface area contributed by atoms with Gasteiger partial charge in [0.05, 0.1) is 6.10 Å². The average Bonchev–Trinajstić information content (AvgIpc) is 2.05. The first-order chi connectivity index (χ1) is 4.72. The second-order valence-corrected chi connectivity index (χ2v) is 1.88. The van der Waals surface area contributed by atoms with Crippen LogP contribution in [0, 0.1) is 0 Å². The van der Waals surface area contributed by atoms with Crippen molar-refractivity contribution in [3.05, 3.63) is 0 Å². The van der Waals surface area contributed by atoms with Crippen LogP contribution in [0.3, 0.4) is 0 Å². The number of nitrogens with two attached hydrogens (primary N) is 2. The summed E-state index contributed by atoms with van der Waals surface area (Å²) >= 11 is 0. The van der Waals surface area contributed by atoms with Gasteiger partial charge in [-0.2, -0.15) is 0 Å². The molecule has 0 amide bonds. The molecule has 0 aromatic rings. The SMILES string of the molecule is CC.CCC(O)C(N)CN. The second-order valence-electron chi connectivity index (χ2n) is 1.88. The zero-order valence-corrected chi connectivity index (χ0v) is 7.17. The summed E-state index contributed by atoms with van der Waals surface area (Å²) in [5.74, 6) is 0. The van der Waals surface area contributed by atoms with Crippen molar-refractivity contribution in [1.82, 2.24) is 0 Å². The van der Waals surface area contributed by atoms with E-state index in [4.69, 9.17) is 16.6 Å². The number of rotatable bonds is 3. The highest BCUT2D eigenvalue weighted by atomic mass is 16.3. The summed E-state index contributed by atoms with van der Waals surface area (Å²) in [6.07, 6.45) is 0.248. The van der Waals surface area contributed by atoms with Gasteiger partial charge in [-0.05, 0) is 6.42 Å². The summed E-state index contributed by atoms with van der Waals surface area (Å²) in [4.78, 5) is 0. The predicted octanol–water partition coefficient (Wildman–Crippen LogP) is 0.0695. The minimum atomic E-state index is -0.431. The quantitative estimate of drug-likeness (QED) is 0.530. The van der Waals surface area contributed by atoms with E-state index < -0.39 is 6.10 Å². The van der Waals surface area contributed by atoms with Crippen LogP contribution in [0.15, 0.2) is 0 Å². The van der Waals surface area contributed by atoms with E-state index in [2.05, 4.69) is 0 Å². The van der Waals surface area contributed by atoms with Gasteiger partial charge in [-0.1, -0.05) is 20.8 Å². The van der Waals surface area contributed by atoms with E-state index >= 15 is 0 Å². The Morgan fingerprint density at radius 2 is 1.80 bits per heavy atom. The molecule has 0 aliphatic rings. The van der Waals surface area contributed by atoms with Crippen molar-refractivity contribution in [2.75, 3.05) is 6.54 Å². The molecule has 5 N–H and O–H groups in total. The number of aliphatic hydroxyl groups is 1. The summed E-state index contributed by atoms with van der Waals surface area (Å²) in [6.45, 7) is 6.23. The molecule has 0 bridgehead atoms. The van der Waals surface area contributed by atoms with Gasteiger partial charge >= 0.3 is 0 Å². The van der Waals surface area contributed by atoms with Crippen molar-refractivity contribution in [3.8, 4) is 0 Å². The Kier molecular flexibility index (Phi) is 11.1. The van der Waals surface area contributed by atoms with Crippen LogP contribution >= 0.6 is 0 Å². The molecular formula is C7H20N2O. The van der Waals surface area contributed by atoms with Gasteiger partial charge in [0.1, 0.15) is 0 Å². The Morgan fingerprint density at radius 3 is 1.90 bits per heavy atom. The first kappa shape index (κ1) is 12.5. The minimum absolute atomic E-state index is 0.250. The normalized spacial score (nSPS) is 15.0. The number of hydrogen-bond acceptors (Lipinski definition) is 3. The fourth-order valence-corrected chi connectivity index (χ4v) is 0.460. The Labute approximate surface area is 63.4 Å². The van der Waals surface area contributed by atoms with Gasteiger partial charge < -0.3 is 16.6 Å². The van der Waals surface area contributed by atoms with E-state index in [1.165, 1.54) is 0 Å². The monoisotopic (exact) mass is 148 g/mol. The molecule has 0 heterocycles. The molecule has 64 valence electrons. The summed E-state index contributed by atoms with van der Waals surface area (Å²) < 4.78 is 0. The lowest BCUT2D eigenvalue weighted by atomic mass is 10.1. The van der Waals surface area contributed by atoms with Crippen molar-refractivity contribution in [2.45, 2.75) is 39.3 Å². The van der Waals surface area contributed by atoms with Crippen molar-refractivity contribution in [1.29, 1.82) is 0 Å². The number of aliphatic hydroxyl groups excluding tert-OH is 1. The average molecular weight is 148 g/mol. The number of hydrogen-bond donors (Lipinski definition) is 3. The van der Waals surface area contributed by atoms with Gasteiger partial charge in [0.2, 0.25) is 0 Å². The molecule has 0 aromatic heterocycles. The highest BCUT2D eigenvalue weighted by Crippen LogP contribution is 1.91. The molecule has 0 saturated carbocycles. The van der Waals surface area contributed by atoms with Crippen LogP contribution in [-0.2, 0) is 0 Å². The zero-order valence-electron chi connectivity index (χ0n) is 7.17. The molecular weight excluding hydrogens is 128 g/mol. The van der Waals surface area contributed by atoms with Gasteiger partial charge in [0, 0.05) is 12.6 Å². The summed E-state index contributed by atoms with van der Waals surface area (Å²) in [6, 6.07) is -0.250. The smallest absolute Gasteiger partial charge is 0.0700 e. The topological polar surface area (TPSA) is 72.3 Å². The largest absolute Gasteiger partial charge is 0.391 e. The van der Waals surface area contributed by atoms with E-state index in [9.17, 15) is 0 Å². The molecule has 0 saturated heterocycles. The molecule has 2 unspecified atom stereocenters. The van der Waals surface area contributed by atoms with Crippen molar-refractivity contribution in [2.24, 2.45) is 11.5 Å². The molecule has 0 aliphatic carbocycles. The van der Waals surface area contributed by atoms with Crippen molar-refractivity contribution >= 4 is 0 Å². The van der Waals surface area contributed by atoms with Crippen LogP contribution in [-0.4, -0.2) is 23.8 Å². The predicted molar refractivity (Wildman–Crippen MR) is 44.7 cm³/mol. The maximum Gasteiger partial charge on any atom is 0.0700 e. The maximum atomic E-state index is 8.92. The summed E-state index contributed by atoms with van der Waals surface area (Å²) in [5, 5.41) is 8.92. The molecule has 2 atom stereocenters. The molecule has 10 heavy (non-hydrogen) atoms. The Hall–Kier alpha value is -0.120. The van der Waals surface area contributed by atoms with Gasteiger partial charge in [0.25, 0.3) is 0 Å². The van der Waals surface area contributed by atoms with E-state index in [1.807, 2.05) is 20.8 Å². The standard InChI is InChI=1S/C5H14N2O.C2H6/c1-2-5(8)4(7)3-6;1-2/h4-5,8H,2-3,6-7H2,1H3;1-2H3. The third kappa shape index (κ3) is 6.01. The fourth-order valence-electron chi connectivity index (χ4n) is 0.460. The molecule has 0 fully saturated rings. The lowest BCUT2D eigenvalue weighted by molar-refractivity contribution is 0.143. The Balaban J connectivity index is 0. The Morgan fingerprint density at radius 1 is 1.40 bits per heavy atom. The summed E-state index contributed by atoms with van der Waals surface area (Å²) in [7, 11) is 0. The van der Waals surface area contributed by atoms with Crippen LogP contribution in [0.25, 0.3) is 0 Å². The molecule has 0 spiro atoms. The first-order valence-corrected chi connectivity index (χ1v) is 3.86. The fraction of sp³-hybridized carbons (Fsp3) is 1.00. The van der Waals surface area contributed by atoms with Crippen LogP contribution in [0.2, 0.25) is 0 Å². The first-order valence-electron chi connectivity index (χ1n) is 3.86. The molecule has 3 nitrogen and oxygen atoms in total. The molecule has 0 radical (unpaired) electrons. The van der Waals surface area contributed by atoms with Crippen molar-refractivity contribution < 1.29 is 5.11 Å². The molecule has 3 heteroatoms. The molecule has 0 aromatic carbocycles.